The third-order valence-electron chi connectivity index (χ3n) is 2.46. The molecule has 0 fully saturated rings. The minimum atomic E-state index is -0.875. The number of esters is 1. The third-order valence-corrected chi connectivity index (χ3v) is 3.53. The minimum absolute atomic E-state index is 0.353. The van der Waals surface area contributed by atoms with E-state index in [-0.39, 0.29) is 5.97 Å². The molecule has 0 saturated carbocycles. The summed E-state index contributed by atoms with van der Waals surface area (Å²) in [6, 6.07) is 3.83. The van der Waals surface area contributed by atoms with Gasteiger partial charge in [-0.15, -0.1) is 0 Å². The predicted molar refractivity (Wildman–Crippen MR) is 68.7 cm³/mol. The summed E-state index contributed by atoms with van der Waals surface area (Å²) >= 11 is 1.77. The third kappa shape index (κ3) is 4.83. The highest BCUT2D eigenvalue weighted by Gasteiger charge is 2.28. The van der Waals surface area contributed by atoms with Gasteiger partial charge >= 0.3 is 5.97 Å². The Morgan fingerprint density at radius 3 is 3.00 bits per heavy atom. The van der Waals surface area contributed by atoms with Crippen molar-refractivity contribution in [3.63, 3.8) is 0 Å². The molecule has 0 bridgehead atoms. The van der Waals surface area contributed by atoms with Crippen LogP contribution in [0.1, 0.15) is 25.5 Å². The number of carbonyl (C=O) groups excluding carboxylic acids is 1. The fourth-order valence-corrected chi connectivity index (χ4v) is 2.30. The summed E-state index contributed by atoms with van der Waals surface area (Å²) < 4.78 is 9.86. The quantitative estimate of drug-likeness (QED) is 0.599. The Hall–Kier alpha value is -0.940. The van der Waals surface area contributed by atoms with Crippen LogP contribution in [0.15, 0.2) is 22.8 Å². The van der Waals surface area contributed by atoms with E-state index in [2.05, 4.69) is 4.74 Å². The summed E-state index contributed by atoms with van der Waals surface area (Å²) in [4.78, 5) is 11.3. The Morgan fingerprint density at radius 2 is 2.41 bits per heavy atom. The summed E-state index contributed by atoms with van der Waals surface area (Å²) in [5.41, 5.74) is 4.97. The van der Waals surface area contributed by atoms with Crippen molar-refractivity contribution in [2.24, 2.45) is 5.73 Å². The Balaban J connectivity index is 2.13. The molecule has 0 radical (unpaired) electrons. The van der Waals surface area contributed by atoms with Gasteiger partial charge < -0.3 is 14.9 Å². The minimum Gasteiger partial charge on any atom is -0.468 e. The van der Waals surface area contributed by atoms with Gasteiger partial charge in [0.15, 0.2) is 0 Å². The van der Waals surface area contributed by atoms with Crippen LogP contribution in [0, 0.1) is 0 Å². The first-order valence-corrected chi connectivity index (χ1v) is 6.69. The van der Waals surface area contributed by atoms with E-state index in [1.54, 1.807) is 24.9 Å². The molecule has 1 atom stereocenters. The number of rotatable bonds is 7. The van der Waals surface area contributed by atoms with Crippen molar-refractivity contribution >= 4 is 17.7 Å². The van der Waals surface area contributed by atoms with Crippen molar-refractivity contribution in [3.05, 3.63) is 24.2 Å². The molecular formula is C12H19NO3S. The van der Waals surface area contributed by atoms with Gasteiger partial charge in [-0.25, -0.2) is 0 Å². The largest absolute Gasteiger partial charge is 0.468 e. The van der Waals surface area contributed by atoms with Gasteiger partial charge in [0.2, 0.25) is 0 Å². The Labute approximate surface area is 106 Å². The van der Waals surface area contributed by atoms with E-state index >= 15 is 0 Å². The van der Waals surface area contributed by atoms with Crippen molar-refractivity contribution < 1.29 is 13.9 Å². The van der Waals surface area contributed by atoms with Gasteiger partial charge in [-0.1, -0.05) is 0 Å². The lowest BCUT2D eigenvalue weighted by Gasteiger charge is -2.20. The molecule has 1 unspecified atom stereocenters. The van der Waals surface area contributed by atoms with Crippen molar-refractivity contribution in [1.82, 2.24) is 0 Å². The molecule has 0 aliphatic carbocycles. The maximum atomic E-state index is 11.3. The van der Waals surface area contributed by atoms with Gasteiger partial charge in [-0.05, 0) is 37.7 Å². The van der Waals surface area contributed by atoms with Gasteiger partial charge in [0.1, 0.15) is 11.3 Å². The average Bonchev–Trinajstić information content (AvgIpc) is 2.80. The Morgan fingerprint density at radius 1 is 1.65 bits per heavy atom. The lowest BCUT2D eigenvalue weighted by atomic mass is 9.98. The molecule has 2 N–H and O–H groups in total. The normalized spacial score (nSPS) is 14.3. The van der Waals surface area contributed by atoms with Crippen LogP contribution in [0.2, 0.25) is 0 Å². The van der Waals surface area contributed by atoms with E-state index in [0.29, 0.717) is 6.42 Å². The van der Waals surface area contributed by atoms with E-state index in [0.717, 1.165) is 23.7 Å². The number of methoxy groups -OCH3 is 1. The predicted octanol–water partition coefficient (Wildman–Crippen LogP) is 2.18. The highest BCUT2D eigenvalue weighted by molar-refractivity contribution is 7.98. The molecular weight excluding hydrogens is 238 g/mol. The SMILES string of the molecule is COC(=O)C(C)(N)CCCSCc1ccco1. The molecule has 0 amide bonds. The second-order valence-electron chi connectivity index (χ2n) is 4.14. The van der Waals surface area contributed by atoms with Crippen LogP contribution in [-0.2, 0) is 15.3 Å². The van der Waals surface area contributed by atoms with Gasteiger partial charge in [0.05, 0.1) is 19.1 Å². The molecule has 17 heavy (non-hydrogen) atoms. The molecule has 0 aliphatic heterocycles. The first kappa shape index (κ1) is 14.1. The molecule has 5 heteroatoms. The number of carbonyl (C=O) groups is 1. The average molecular weight is 257 g/mol. The number of hydrogen-bond acceptors (Lipinski definition) is 5. The first-order chi connectivity index (χ1) is 8.06. The molecule has 0 spiro atoms. The molecule has 0 aromatic carbocycles. The van der Waals surface area contributed by atoms with Crippen LogP contribution in [0.4, 0.5) is 0 Å². The van der Waals surface area contributed by atoms with E-state index in [9.17, 15) is 4.79 Å². The summed E-state index contributed by atoms with van der Waals surface area (Å²) in [7, 11) is 1.36. The Bertz CT molecular complexity index is 336. The zero-order valence-electron chi connectivity index (χ0n) is 10.3. The first-order valence-electron chi connectivity index (χ1n) is 5.53. The van der Waals surface area contributed by atoms with Crippen LogP contribution in [0.5, 0.6) is 0 Å². The van der Waals surface area contributed by atoms with Crippen molar-refractivity contribution in [3.8, 4) is 0 Å². The van der Waals surface area contributed by atoms with E-state index < -0.39 is 5.54 Å². The zero-order valence-corrected chi connectivity index (χ0v) is 11.1. The smallest absolute Gasteiger partial charge is 0.325 e. The maximum Gasteiger partial charge on any atom is 0.325 e. The van der Waals surface area contributed by atoms with Crippen LogP contribution in [-0.4, -0.2) is 24.4 Å². The van der Waals surface area contributed by atoms with Gasteiger partial charge in [-0.3, -0.25) is 4.79 Å². The standard InChI is InChI=1S/C12H19NO3S/c1-12(13,11(14)15-2)6-4-8-17-9-10-5-3-7-16-10/h3,5,7H,4,6,8-9,13H2,1-2H3. The van der Waals surface area contributed by atoms with Crippen molar-refractivity contribution in [2.75, 3.05) is 12.9 Å². The summed E-state index contributed by atoms with van der Waals surface area (Å²) in [5.74, 6) is 2.42. The monoisotopic (exact) mass is 257 g/mol. The van der Waals surface area contributed by atoms with Crippen LogP contribution >= 0.6 is 11.8 Å². The highest BCUT2D eigenvalue weighted by Crippen LogP contribution is 2.17. The number of ether oxygens (including phenoxy) is 1. The second kappa shape index (κ2) is 6.71. The molecule has 0 saturated heterocycles. The molecule has 1 rings (SSSR count). The molecule has 1 aromatic rings. The van der Waals surface area contributed by atoms with Crippen LogP contribution < -0.4 is 5.73 Å². The molecule has 96 valence electrons. The van der Waals surface area contributed by atoms with Gasteiger partial charge in [0, 0.05) is 0 Å². The van der Waals surface area contributed by atoms with Crippen molar-refractivity contribution in [1.29, 1.82) is 0 Å². The number of furan rings is 1. The van der Waals surface area contributed by atoms with Gasteiger partial charge in [0.25, 0.3) is 0 Å². The fourth-order valence-electron chi connectivity index (χ4n) is 1.44. The Kier molecular flexibility index (Phi) is 5.58. The zero-order chi connectivity index (χ0) is 12.7. The van der Waals surface area contributed by atoms with Gasteiger partial charge in [-0.2, -0.15) is 11.8 Å². The summed E-state index contributed by atoms with van der Waals surface area (Å²) in [6.07, 6.45) is 3.18. The van der Waals surface area contributed by atoms with Crippen LogP contribution in [0.3, 0.4) is 0 Å². The lowest BCUT2D eigenvalue weighted by Crippen LogP contribution is -2.45. The van der Waals surface area contributed by atoms with E-state index in [1.807, 2.05) is 12.1 Å². The number of thioether (sulfide) groups is 1. The summed E-state index contributed by atoms with van der Waals surface area (Å²) in [5, 5.41) is 0. The number of hydrogen-bond donors (Lipinski definition) is 1. The topological polar surface area (TPSA) is 65.5 Å². The van der Waals surface area contributed by atoms with Crippen molar-refractivity contribution in [2.45, 2.75) is 31.1 Å². The van der Waals surface area contributed by atoms with E-state index in [1.165, 1.54) is 7.11 Å². The molecule has 1 aromatic heterocycles. The fraction of sp³-hybridized carbons (Fsp3) is 0.583. The second-order valence-corrected chi connectivity index (χ2v) is 5.25. The lowest BCUT2D eigenvalue weighted by molar-refractivity contribution is -0.146. The highest BCUT2D eigenvalue weighted by atomic mass is 32.2. The molecule has 1 heterocycles. The molecule has 0 aliphatic rings. The van der Waals surface area contributed by atoms with E-state index in [4.69, 9.17) is 10.2 Å². The van der Waals surface area contributed by atoms with Crippen LogP contribution in [0.25, 0.3) is 0 Å². The maximum absolute atomic E-state index is 11.3. The molecule has 4 nitrogen and oxygen atoms in total. The summed E-state index contributed by atoms with van der Waals surface area (Å²) in [6.45, 7) is 1.70. The number of nitrogens with two attached hydrogens (primary N) is 1.